The van der Waals surface area contributed by atoms with Crippen molar-refractivity contribution in [3.63, 3.8) is 0 Å². The molecule has 2 N–H and O–H groups in total. The predicted octanol–water partition coefficient (Wildman–Crippen LogP) is 1.91. The van der Waals surface area contributed by atoms with E-state index in [2.05, 4.69) is 5.32 Å². The summed E-state index contributed by atoms with van der Waals surface area (Å²) in [5.41, 5.74) is 0.349. The van der Waals surface area contributed by atoms with Gasteiger partial charge in [0, 0.05) is 18.5 Å². The molecule has 1 aliphatic rings. The fourth-order valence-electron chi connectivity index (χ4n) is 1.84. The zero-order valence-electron chi connectivity index (χ0n) is 10.8. The standard InChI is InChI=1S/C13H14ClNO5/c1-7(2-11(16)17)5-15-13(18)8-3-9(14)12-10(4-8)19-6-20-12/h3-4,7H,2,5-6H2,1H3,(H,15,18)(H,16,17). The molecule has 1 atom stereocenters. The number of amides is 1. The minimum atomic E-state index is -0.891. The average molecular weight is 300 g/mol. The summed E-state index contributed by atoms with van der Waals surface area (Å²) in [4.78, 5) is 22.5. The number of hydrogen-bond acceptors (Lipinski definition) is 4. The average Bonchev–Trinajstić information content (AvgIpc) is 2.83. The number of nitrogens with one attached hydrogen (secondary N) is 1. The van der Waals surface area contributed by atoms with Crippen LogP contribution in [0.2, 0.25) is 5.02 Å². The molecule has 0 fully saturated rings. The van der Waals surface area contributed by atoms with E-state index in [1.807, 2.05) is 0 Å². The summed E-state index contributed by atoms with van der Waals surface area (Å²) in [5.74, 6) is -0.509. The van der Waals surface area contributed by atoms with Crippen LogP contribution in [0, 0.1) is 5.92 Å². The molecular weight excluding hydrogens is 286 g/mol. The summed E-state index contributed by atoms with van der Waals surface area (Å²) >= 11 is 5.99. The van der Waals surface area contributed by atoms with E-state index in [-0.39, 0.29) is 31.6 Å². The molecule has 0 saturated carbocycles. The predicted molar refractivity (Wildman–Crippen MR) is 71.3 cm³/mol. The fraction of sp³-hybridized carbons (Fsp3) is 0.385. The maximum atomic E-state index is 12.0. The summed E-state index contributed by atoms with van der Waals surface area (Å²) in [6, 6.07) is 3.04. The molecule has 0 radical (unpaired) electrons. The Kier molecular flexibility index (Phi) is 4.34. The molecule has 1 heterocycles. The molecule has 7 heteroatoms. The maximum Gasteiger partial charge on any atom is 0.303 e. The van der Waals surface area contributed by atoms with Crippen molar-refractivity contribution in [3.05, 3.63) is 22.7 Å². The van der Waals surface area contributed by atoms with Crippen molar-refractivity contribution in [2.75, 3.05) is 13.3 Å². The molecule has 0 aliphatic carbocycles. The lowest BCUT2D eigenvalue weighted by Gasteiger charge is -2.11. The Morgan fingerprint density at radius 3 is 2.90 bits per heavy atom. The lowest BCUT2D eigenvalue weighted by Crippen LogP contribution is -2.29. The van der Waals surface area contributed by atoms with Gasteiger partial charge < -0.3 is 19.9 Å². The van der Waals surface area contributed by atoms with Crippen molar-refractivity contribution in [2.45, 2.75) is 13.3 Å². The van der Waals surface area contributed by atoms with Gasteiger partial charge in [-0.15, -0.1) is 0 Å². The summed E-state index contributed by atoms with van der Waals surface area (Å²) in [5, 5.41) is 11.6. The number of benzene rings is 1. The summed E-state index contributed by atoms with van der Waals surface area (Å²) in [6.45, 7) is 2.11. The van der Waals surface area contributed by atoms with Crippen LogP contribution in [0.1, 0.15) is 23.7 Å². The summed E-state index contributed by atoms with van der Waals surface area (Å²) in [6.07, 6.45) is 0.00216. The van der Waals surface area contributed by atoms with Gasteiger partial charge in [-0.1, -0.05) is 18.5 Å². The highest BCUT2D eigenvalue weighted by Crippen LogP contribution is 2.39. The second kappa shape index (κ2) is 6.00. The Hall–Kier alpha value is -1.95. The van der Waals surface area contributed by atoms with Crippen LogP contribution < -0.4 is 14.8 Å². The molecule has 0 spiro atoms. The van der Waals surface area contributed by atoms with E-state index >= 15 is 0 Å². The van der Waals surface area contributed by atoms with Crippen LogP contribution in [0.25, 0.3) is 0 Å². The summed E-state index contributed by atoms with van der Waals surface area (Å²) < 4.78 is 10.3. The van der Waals surface area contributed by atoms with Crippen LogP contribution in [0.4, 0.5) is 0 Å². The number of aliphatic carboxylic acids is 1. The van der Waals surface area contributed by atoms with Crippen LogP contribution in [-0.2, 0) is 4.79 Å². The number of carboxylic acid groups (broad SMARTS) is 1. The first-order valence-electron chi connectivity index (χ1n) is 6.06. The zero-order valence-corrected chi connectivity index (χ0v) is 11.6. The van der Waals surface area contributed by atoms with Gasteiger partial charge in [0.25, 0.3) is 5.91 Å². The largest absolute Gasteiger partial charge is 0.481 e. The van der Waals surface area contributed by atoms with Gasteiger partial charge in [-0.3, -0.25) is 9.59 Å². The number of fused-ring (bicyclic) bond motifs is 1. The lowest BCUT2D eigenvalue weighted by molar-refractivity contribution is -0.137. The SMILES string of the molecule is CC(CNC(=O)c1cc(Cl)c2c(c1)OCO2)CC(=O)O. The first-order valence-corrected chi connectivity index (χ1v) is 6.44. The van der Waals surface area contributed by atoms with Gasteiger partial charge in [0.05, 0.1) is 5.02 Å². The van der Waals surface area contributed by atoms with Crippen LogP contribution >= 0.6 is 11.6 Å². The molecule has 6 nitrogen and oxygen atoms in total. The van der Waals surface area contributed by atoms with Gasteiger partial charge in [-0.05, 0) is 18.1 Å². The van der Waals surface area contributed by atoms with E-state index in [1.54, 1.807) is 13.0 Å². The van der Waals surface area contributed by atoms with E-state index in [1.165, 1.54) is 6.07 Å². The Balaban J connectivity index is 2.00. The molecule has 1 aromatic rings. The lowest BCUT2D eigenvalue weighted by atomic mass is 10.1. The topological polar surface area (TPSA) is 84.9 Å². The van der Waals surface area contributed by atoms with Crippen molar-refractivity contribution in [2.24, 2.45) is 5.92 Å². The number of carbonyl (C=O) groups excluding carboxylic acids is 1. The monoisotopic (exact) mass is 299 g/mol. The Morgan fingerprint density at radius 1 is 1.45 bits per heavy atom. The van der Waals surface area contributed by atoms with Crippen LogP contribution in [0.3, 0.4) is 0 Å². The van der Waals surface area contributed by atoms with Gasteiger partial charge in [-0.2, -0.15) is 0 Å². The van der Waals surface area contributed by atoms with Crippen LogP contribution in [0.5, 0.6) is 11.5 Å². The van der Waals surface area contributed by atoms with Gasteiger partial charge in [0.2, 0.25) is 6.79 Å². The van der Waals surface area contributed by atoms with Crippen molar-refractivity contribution in [3.8, 4) is 11.5 Å². The molecule has 2 rings (SSSR count). The zero-order chi connectivity index (χ0) is 14.7. The minimum absolute atomic E-state index is 0.00216. The van der Waals surface area contributed by atoms with Gasteiger partial charge >= 0.3 is 5.97 Å². The van der Waals surface area contributed by atoms with Gasteiger partial charge in [0.1, 0.15) is 0 Å². The second-order valence-corrected chi connectivity index (χ2v) is 5.01. The molecule has 0 bridgehead atoms. The van der Waals surface area contributed by atoms with Crippen molar-refractivity contribution < 1.29 is 24.2 Å². The van der Waals surface area contributed by atoms with Gasteiger partial charge in [-0.25, -0.2) is 0 Å². The van der Waals surface area contributed by atoms with Crippen LogP contribution in [0.15, 0.2) is 12.1 Å². The molecule has 1 amide bonds. The number of rotatable bonds is 5. The maximum absolute atomic E-state index is 12.0. The number of ether oxygens (including phenoxy) is 2. The van der Waals surface area contributed by atoms with Crippen molar-refractivity contribution >= 4 is 23.5 Å². The molecule has 1 aromatic carbocycles. The van der Waals surface area contributed by atoms with E-state index in [9.17, 15) is 9.59 Å². The molecule has 0 aromatic heterocycles. The third-order valence-corrected chi connectivity index (χ3v) is 3.10. The van der Waals surface area contributed by atoms with Crippen molar-refractivity contribution in [1.29, 1.82) is 0 Å². The van der Waals surface area contributed by atoms with E-state index < -0.39 is 5.97 Å². The highest BCUT2D eigenvalue weighted by molar-refractivity contribution is 6.32. The first kappa shape index (κ1) is 14.5. The summed E-state index contributed by atoms with van der Waals surface area (Å²) in [7, 11) is 0. The molecule has 1 unspecified atom stereocenters. The first-order chi connectivity index (χ1) is 9.47. The quantitative estimate of drug-likeness (QED) is 0.867. The van der Waals surface area contributed by atoms with E-state index in [4.69, 9.17) is 26.2 Å². The normalized spacial score (nSPS) is 13.9. The Bertz CT molecular complexity index is 546. The number of hydrogen-bond donors (Lipinski definition) is 2. The second-order valence-electron chi connectivity index (χ2n) is 4.60. The van der Waals surface area contributed by atoms with Crippen molar-refractivity contribution in [1.82, 2.24) is 5.32 Å². The number of halogens is 1. The Morgan fingerprint density at radius 2 is 2.20 bits per heavy atom. The molecule has 0 saturated heterocycles. The molecule has 108 valence electrons. The third-order valence-electron chi connectivity index (χ3n) is 2.82. The molecule has 1 aliphatic heterocycles. The Labute approximate surface area is 120 Å². The van der Waals surface area contributed by atoms with Gasteiger partial charge in [0.15, 0.2) is 11.5 Å². The third kappa shape index (κ3) is 3.33. The van der Waals surface area contributed by atoms with E-state index in [0.717, 1.165) is 0 Å². The highest BCUT2D eigenvalue weighted by Gasteiger charge is 2.21. The minimum Gasteiger partial charge on any atom is -0.481 e. The smallest absolute Gasteiger partial charge is 0.303 e. The number of carbonyl (C=O) groups is 2. The van der Waals surface area contributed by atoms with E-state index in [0.29, 0.717) is 22.1 Å². The molecular formula is C13H14ClNO5. The number of carboxylic acids is 1. The van der Waals surface area contributed by atoms with Crippen LogP contribution in [-0.4, -0.2) is 30.3 Å². The fourth-order valence-corrected chi connectivity index (χ4v) is 2.10. The molecule has 20 heavy (non-hydrogen) atoms. The highest BCUT2D eigenvalue weighted by atomic mass is 35.5.